The summed E-state index contributed by atoms with van der Waals surface area (Å²) in [6, 6.07) is 7.91. The standard InChI is InChI=1S/C17H24N2O2/c1-14(2)15(3)19(13-16-7-6-12-21-16)17(20)8-11-18-9-4-5-10-18/h4-7,9-10,12,14-15H,8,11,13H2,1-3H3/t15-/m0/s1. The topological polar surface area (TPSA) is 38.4 Å². The summed E-state index contributed by atoms with van der Waals surface area (Å²) < 4.78 is 7.43. The van der Waals surface area contributed by atoms with Gasteiger partial charge in [-0.3, -0.25) is 4.79 Å². The molecule has 4 nitrogen and oxygen atoms in total. The van der Waals surface area contributed by atoms with Crippen molar-refractivity contribution in [2.24, 2.45) is 5.92 Å². The van der Waals surface area contributed by atoms with Crippen molar-refractivity contribution in [1.82, 2.24) is 9.47 Å². The number of amides is 1. The van der Waals surface area contributed by atoms with E-state index >= 15 is 0 Å². The Morgan fingerprint density at radius 2 is 1.95 bits per heavy atom. The monoisotopic (exact) mass is 288 g/mol. The second-order valence-electron chi connectivity index (χ2n) is 5.76. The highest BCUT2D eigenvalue weighted by Crippen LogP contribution is 2.16. The molecule has 0 aromatic carbocycles. The molecule has 0 spiro atoms. The van der Waals surface area contributed by atoms with E-state index in [9.17, 15) is 4.79 Å². The Kier molecular flexibility index (Phi) is 5.26. The third-order valence-electron chi connectivity index (χ3n) is 3.93. The summed E-state index contributed by atoms with van der Waals surface area (Å²) in [5.74, 6) is 1.41. The lowest BCUT2D eigenvalue weighted by atomic mass is 10.0. The highest BCUT2D eigenvalue weighted by molar-refractivity contribution is 5.76. The van der Waals surface area contributed by atoms with Crippen LogP contribution < -0.4 is 0 Å². The fraction of sp³-hybridized carbons (Fsp3) is 0.471. The van der Waals surface area contributed by atoms with Crippen LogP contribution in [0.1, 0.15) is 33.0 Å². The van der Waals surface area contributed by atoms with Crippen LogP contribution in [-0.2, 0) is 17.9 Å². The lowest BCUT2D eigenvalue weighted by Gasteiger charge is -2.31. The van der Waals surface area contributed by atoms with Gasteiger partial charge in [0, 0.05) is 31.4 Å². The molecule has 2 heterocycles. The van der Waals surface area contributed by atoms with Gasteiger partial charge in [-0.1, -0.05) is 13.8 Å². The number of hydrogen-bond acceptors (Lipinski definition) is 2. The van der Waals surface area contributed by atoms with Crippen LogP contribution in [0.3, 0.4) is 0 Å². The molecule has 21 heavy (non-hydrogen) atoms. The molecule has 4 heteroatoms. The van der Waals surface area contributed by atoms with Crippen molar-refractivity contribution < 1.29 is 9.21 Å². The minimum absolute atomic E-state index is 0.168. The van der Waals surface area contributed by atoms with Gasteiger partial charge in [0.05, 0.1) is 12.8 Å². The molecule has 0 radical (unpaired) electrons. The van der Waals surface area contributed by atoms with Crippen molar-refractivity contribution in [3.8, 4) is 0 Å². The van der Waals surface area contributed by atoms with Crippen LogP contribution in [0.25, 0.3) is 0 Å². The zero-order chi connectivity index (χ0) is 15.2. The average molecular weight is 288 g/mol. The molecule has 0 bridgehead atoms. The van der Waals surface area contributed by atoms with Crippen LogP contribution in [0, 0.1) is 5.92 Å². The summed E-state index contributed by atoms with van der Waals surface area (Å²) in [6.07, 6.45) is 6.12. The molecule has 2 aromatic heterocycles. The van der Waals surface area contributed by atoms with Gasteiger partial charge in [-0.2, -0.15) is 0 Å². The van der Waals surface area contributed by atoms with Gasteiger partial charge >= 0.3 is 0 Å². The first-order chi connectivity index (χ1) is 10.1. The Morgan fingerprint density at radius 3 is 2.52 bits per heavy atom. The van der Waals surface area contributed by atoms with Crippen molar-refractivity contribution in [3.05, 3.63) is 48.7 Å². The van der Waals surface area contributed by atoms with E-state index < -0.39 is 0 Å². The van der Waals surface area contributed by atoms with Gasteiger partial charge in [0.1, 0.15) is 5.76 Å². The Bertz CT molecular complexity index is 529. The van der Waals surface area contributed by atoms with Gasteiger partial charge < -0.3 is 13.9 Å². The molecule has 0 aliphatic rings. The van der Waals surface area contributed by atoms with Gasteiger partial charge in [0.15, 0.2) is 0 Å². The molecule has 0 N–H and O–H groups in total. The van der Waals surface area contributed by atoms with E-state index in [2.05, 4.69) is 20.8 Å². The van der Waals surface area contributed by atoms with Crippen LogP contribution in [-0.4, -0.2) is 21.4 Å². The van der Waals surface area contributed by atoms with Gasteiger partial charge in [0.25, 0.3) is 0 Å². The first-order valence-corrected chi connectivity index (χ1v) is 7.50. The number of aryl methyl sites for hydroxylation is 1. The number of furan rings is 1. The second kappa shape index (κ2) is 7.16. The number of carbonyl (C=O) groups excluding carboxylic acids is 1. The Hall–Kier alpha value is -1.97. The predicted octanol–water partition coefficient (Wildman–Crippen LogP) is 3.54. The molecule has 1 amide bonds. The average Bonchev–Trinajstić information content (AvgIpc) is 3.14. The van der Waals surface area contributed by atoms with E-state index in [-0.39, 0.29) is 11.9 Å². The molecule has 0 fully saturated rings. The van der Waals surface area contributed by atoms with Crippen molar-refractivity contribution in [2.75, 3.05) is 0 Å². The largest absolute Gasteiger partial charge is 0.467 e. The fourth-order valence-electron chi connectivity index (χ4n) is 2.28. The minimum Gasteiger partial charge on any atom is -0.467 e. The van der Waals surface area contributed by atoms with E-state index in [1.807, 2.05) is 46.1 Å². The lowest BCUT2D eigenvalue weighted by Crippen LogP contribution is -2.41. The number of carbonyl (C=O) groups is 1. The summed E-state index contributed by atoms with van der Waals surface area (Å²) in [5.41, 5.74) is 0. The van der Waals surface area contributed by atoms with E-state index in [4.69, 9.17) is 4.42 Å². The normalized spacial score (nSPS) is 12.6. The maximum atomic E-state index is 12.6. The number of rotatable bonds is 7. The smallest absolute Gasteiger partial charge is 0.225 e. The Labute approximate surface area is 126 Å². The molecule has 0 aliphatic carbocycles. The van der Waals surface area contributed by atoms with E-state index in [1.54, 1.807) is 6.26 Å². The van der Waals surface area contributed by atoms with Crippen LogP contribution in [0.15, 0.2) is 47.3 Å². The SMILES string of the molecule is CC(C)[C@H](C)N(Cc1ccco1)C(=O)CCn1cccc1. The van der Waals surface area contributed by atoms with E-state index in [0.717, 1.165) is 5.76 Å². The Balaban J connectivity index is 2.01. The molecule has 0 aliphatic heterocycles. The van der Waals surface area contributed by atoms with Crippen LogP contribution in [0.2, 0.25) is 0 Å². The van der Waals surface area contributed by atoms with Crippen molar-refractivity contribution in [3.63, 3.8) is 0 Å². The van der Waals surface area contributed by atoms with Gasteiger partial charge in [0.2, 0.25) is 5.91 Å². The maximum absolute atomic E-state index is 12.6. The van der Waals surface area contributed by atoms with Gasteiger partial charge in [-0.15, -0.1) is 0 Å². The van der Waals surface area contributed by atoms with E-state index in [1.165, 1.54) is 0 Å². The quantitative estimate of drug-likeness (QED) is 0.781. The summed E-state index contributed by atoms with van der Waals surface area (Å²) in [7, 11) is 0. The zero-order valence-electron chi connectivity index (χ0n) is 13.0. The number of nitrogens with zero attached hydrogens (tertiary/aromatic N) is 2. The molecule has 0 saturated carbocycles. The first-order valence-electron chi connectivity index (χ1n) is 7.50. The first kappa shape index (κ1) is 15.4. The molecular weight excluding hydrogens is 264 g/mol. The highest BCUT2D eigenvalue weighted by Gasteiger charge is 2.23. The zero-order valence-corrected chi connectivity index (χ0v) is 13.0. The summed E-state index contributed by atoms with van der Waals surface area (Å²) >= 11 is 0. The van der Waals surface area contributed by atoms with Crippen LogP contribution in [0.4, 0.5) is 0 Å². The molecule has 2 aromatic rings. The minimum atomic E-state index is 0.168. The molecule has 0 saturated heterocycles. The van der Waals surface area contributed by atoms with Crippen LogP contribution >= 0.6 is 0 Å². The van der Waals surface area contributed by atoms with Crippen molar-refractivity contribution in [2.45, 2.75) is 46.3 Å². The molecule has 1 atom stereocenters. The number of hydrogen-bond donors (Lipinski definition) is 0. The Morgan fingerprint density at radius 1 is 1.24 bits per heavy atom. The predicted molar refractivity (Wildman–Crippen MR) is 82.6 cm³/mol. The summed E-state index contributed by atoms with van der Waals surface area (Å²) in [6.45, 7) is 7.63. The van der Waals surface area contributed by atoms with Gasteiger partial charge in [-0.25, -0.2) is 0 Å². The third-order valence-corrected chi connectivity index (χ3v) is 3.93. The van der Waals surface area contributed by atoms with E-state index in [0.29, 0.717) is 25.4 Å². The summed E-state index contributed by atoms with van der Waals surface area (Å²) in [4.78, 5) is 14.5. The molecular formula is C17H24N2O2. The maximum Gasteiger partial charge on any atom is 0.225 e. The lowest BCUT2D eigenvalue weighted by molar-refractivity contribution is -0.135. The third kappa shape index (κ3) is 4.25. The van der Waals surface area contributed by atoms with Crippen molar-refractivity contribution in [1.29, 1.82) is 0 Å². The summed E-state index contributed by atoms with van der Waals surface area (Å²) in [5, 5.41) is 0. The molecule has 114 valence electrons. The molecule has 2 rings (SSSR count). The van der Waals surface area contributed by atoms with Crippen molar-refractivity contribution >= 4 is 5.91 Å². The fourth-order valence-corrected chi connectivity index (χ4v) is 2.28. The number of aromatic nitrogens is 1. The van der Waals surface area contributed by atoms with Crippen LogP contribution in [0.5, 0.6) is 0 Å². The van der Waals surface area contributed by atoms with Gasteiger partial charge in [-0.05, 0) is 37.1 Å². The molecule has 0 unspecified atom stereocenters. The second-order valence-corrected chi connectivity index (χ2v) is 5.76. The highest BCUT2D eigenvalue weighted by atomic mass is 16.3.